The molecule has 0 saturated carbocycles. The minimum absolute atomic E-state index is 0.165. The highest BCUT2D eigenvalue weighted by Gasteiger charge is 2.15. The van der Waals surface area contributed by atoms with E-state index in [-0.39, 0.29) is 12.6 Å². The fraction of sp³-hybridized carbons (Fsp3) is 0.583. The lowest BCUT2D eigenvalue weighted by Gasteiger charge is -2.12. The molecule has 1 saturated heterocycles. The lowest BCUT2D eigenvalue weighted by molar-refractivity contribution is -0.134. The van der Waals surface area contributed by atoms with Gasteiger partial charge in [0.05, 0.1) is 6.10 Å². The van der Waals surface area contributed by atoms with Crippen LogP contribution in [0.4, 0.5) is 11.6 Å². The van der Waals surface area contributed by atoms with Crippen molar-refractivity contribution in [1.29, 1.82) is 0 Å². The average Bonchev–Trinajstić information content (AvgIpc) is 2.86. The monoisotopic (exact) mass is 266 g/mol. The molecule has 0 amide bonds. The second-order valence-corrected chi connectivity index (χ2v) is 4.45. The number of aliphatic carboxylic acids is 1. The number of hydrogen-bond donors (Lipinski definition) is 3. The first-order valence-electron chi connectivity index (χ1n) is 6.30. The number of carboxylic acid groups (broad SMARTS) is 1. The molecule has 2 heterocycles. The highest BCUT2D eigenvalue weighted by Crippen LogP contribution is 2.15. The molecule has 1 atom stereocenters. The molecule has 3 N–H and O–H groups in total. The van der Waals surface area contributed by atoms with E-state index in [9.17, 15) is 4.79 Å². The van der Waals surface area contributed by atoms with Crippen molar-refractivity contribution in [3.8, 4) is 0 Å². The van der Waals surface area contributed by atoms with E-state index in [4.69, 9.17) is 9.84 Å². The molecular formula is C12H18N4O3. The van der Waals surface area contributed by atoms with Crippen LogP contribution in [0.3, 0.4) is 0 Å². The number of hydrogen-bond acceptors (Lipinski definition) is 6. The number of aromatic nitrogens is 2. The van der Waals surface area contributed by atoms with Crippen molar-refractivity contribution in [2.75, 3.05) is 30.3 Å². The number of carbonyl (C=O) groups is 1. The highest BCUT2D eigenvalue weighted by molar-refractivity contribution is 5.72. The summed E-state index contributed by atoms with van der Waals surface area (Å²) in [6.07, 6.45) is 2.38. The first-order chi connectivity index (χ1) is 9.13. The van der Waals surface area contributed by atoms with E-state index < -0.39 is 5.97 Å². The van der Waals surface area contributed by atoms with E-state index in [0.717, 1.165) is 19.4 Å². The van der Waals surface area contributed by atoms with Gasteiger partial charge in [-0.2, -0.15) is 0 Å². The Hall–Kier alpha value is -1.89. The molecule has 19 heavy (non-hydrogen) atoms. The molecule has 0 bridgehead atoms. The Morgan fingerprint density at radius 2 is 2.21 bits per heavy atom. The van der Waals surface area contributed by atoms with Gasteiger partial charge in [-0.3, -0.25) is 4.79 Å². The summed E-state index contributed by atoms with van der Waals surface area (Å²) in [5, 5.41) is 14.5. The van der Waals surface area contributed by atoms with Crippen LogP contribution in [-0.2, 0) is 9.53 Å². The van der Waals surface area contributed by atoms with Crippen molar-refractivity contribution >= 4 is 17.6 Å². The van der Waals surface area contributed by atoms with E-state index in [2.05, 4.69) is 20.6 Å². The largest absolute Gasteiger partial charge is 0.480 e. The van der Waals surface area contributed by atoms with Crippen LogP contribution in [0.5, 0.6) is 0 Å². The Kier molecular flexibility index (Phi) is 4.51. The van der Waals surface area contributed by atoms with Crippen LogP contribution in [0.25, 0.3) is 0 Å². The second-order valence-electron chi connectivity index (χ2n) is 4.45. The number of nitrogens with one attached hydrogen (secondary N) is 2. The van der Waals surface area contributed by atoms with Gasteiger partial charge in [0, 0.05) is 19.2 Å². The second kappa shape index (κ2) is 6.33. The third kappa shape index (κ3) is 4.36. The van der Waals surface area contributed by atoms with Gasteiger partial charge >= 0.3 is 5.97 Å². The van der Waals surface area contributed by atoms with Crippen LogP contribution in [-0.4, -0.2) is 46.8 Å². The fourth-order valence-corrected chi connectivity index (χ4v) is 1.94. The Morgan fingerprint density at radius 3 is 2.84 bits per heavy atom. The lowest BCUT2D eigenvalue weighted by atomic mass is 10.2. The Labute approximate surface area is 111 Å². The Balaban J connectivity index is 1.93. The first kappa shape index (κ1) is 13.5. The van der Waals surface area contributed by atoms with Crippen LogP contribution in [0.15, 0.2) is 6.07 Å². The third-order valence-electron chi connectivity index (χ3n) is 2.79. The van der Waals surface area contributed by atoms with E-state index in [1.807, 2.05) is 0 Å². The van der Waals surface area contributed by atoms with Crippen LogP contribution in [0, 0.1) is 6.92 Å². The molecule has 104 valence electrons. The van der Waals surface area contributed by atoms with E-state index in [1.165, 1.54) is 0 Å². The first-order valence-corrected chi connectivity index (χ1v) is 6.30. The quantitative estimate of drug-likeness (QED) is 0.703. The van der Waals surface area contributed by atoms with E-state index in [0.29, 0.717) is 24.0 Å². The number of ether oxygens (including phenoxy) is 1. The van der Waals surface area contributed by atoms with Crippen molar-refractivity contribution in [3.05, 3.63) is 11.9 Å². The van der Waals surface area contributed by atoms with Crippen molar-refractivity contribution < 1.29 is 14.6 Å². The summed E-state index contributed by atoms with van der Waals surface area (Å²) in [6.45, 7) is 3.13. The zero-order chi connectivity index (χ0) is 13.7. The van der Waals surface area contributed by atoms with Gasteiger partial charge in [0.25, 0.3) is 0 Å². The SMILES string of the molecule is Cc1nc(NCC(=O)O)cc(NCC2CCCO2)n1. The molecular weight excluding hydrogens is 248 g/mol. The Bertz CT molecular complexity index is 447. The third-order valence-corrected chi connectivity index (χ3v) is 2.79. The molecule has 1 aliphatic rings. The van der Waals surface area contributed by atoms with E-state index in [1.54, 1.807) is 13.0 Å². The smallest absolute Gasteiger partial charge is 0.322 e. The van der Waals surface area contributed by atoms with Gasteiger partial charge in [0.2, 0.25) is 0 Å². The molecule has 1 fully saturated rings. The fourth-order valence-electron chi connectivity index (χ4n) is 1.94. The van der Waals surface area contributed by atoms with Crippen LogP contribution < -0.4 is 10.6 Å². The lowest BCUT2D eigenvalue weighted by Crippen LogP contribution is -2.20. The van der Waals surface area contributed by atoms with Crippen LogP contribution in [0.1, 0.15) is 18.7 Å². The summed E-state index contributed by atoms with van der Waals surface area (Å²) in [5.41, 5.74) is 0. The van der Waals surface area contributed by atoms with E-state index >= 15 is 0 Å². The number of anilines is 2. The maximum atomic E-state index is 10.5. The van der Waals surface area contributed by atoms with Gasteiger partial charge in [-0.05, 0) is 19.8 Å². The average molecular weight is 266 g/mol. The van der Waals surface area contributed by atoms with Gasteiger partial charge in [0.15, 0.2) is 0 Å². The highest BCUT2D eigenvalue weighted by atomic mass is 16.5. The maximum absolute atomic E-state index is 10.5. The van der Waals surface area contributed by atoms with Gasteiger partial charge < -0.3 is 20.5 Å². The molecule has 0 spiro atoms. The minimum atomic E-state index is -0.926. The zero-order valence-electron chi connectivity index (χ0n) is 10.8. The summed E-state index contributed by atoms with van der Waals surface area (Å²) >= 11 is 0. The van der Waals surface area contributed by atoms with Crippen LogP contribution >= 0.6 is 0 Å². The summed E-state index contributed by atoms with van der Waals surface area (Å²) in [5.74, 6) is 0.844. The summed E-state index contributed by atoms with van der Waals surface area (Å²) in [4.78, 5) is 18.9. The summed E-state index contributed by atoms with van der Waals surface area (Å²) in [7, 11) is 0. The van der Waals surface area contributed by atoms with Gasteiger partial charge in [0.1, 0.15) is 24.0 Å². The van der Waals surface area contributed by atoms with Gasteiger partial charge in [-0.15, -0.1) is 0 Å². The molecule has 0 radical (unpaired) electrons. The molecule has 2 rings (SSSR count). The molecule has 0 aromatic carbocycles. The van der Waals surface area contributed by atoms with Gasteiger partial charge in [-0.1, -0.05) is 0 Å². The predicted octanol–water partition coefficient (Wildman–Crippen LogP) is 0.872. The number of rotatable bonds is 6. The van der Waals surface area contributed by atoms with Crippen molar-refractivity contribution in [2.45, 2.75) is 25.9 Å². The molecule has 1 aromatic heterocycles. The minimum Gasteiger partial charge on any atom is -0.480 e. The molecule has 7 nitrogen and oxygen atoms in total. The predicted molar refractivity (Wildman–Crippen MR) is 70.4 cm³/mol. The normalized spacial score (nSPS) is 18.3. The standard InChI is InChI=1S/C12H18N4O3/c1-8-15-10(13-6-9-3-2-4-19-9)5-11(16-8)14-7-12(17)18/h5,9H,2-4,6-7H2,1H3,(H,17,18)(H2,13,14,15,16). The van der Waals surface area contributed by atoms with Gasteiger partial charge in [-0.25, -0.2) is 9.97 Å². The number of nitrogens with zero attached hydrogens (tertiary/aromatic N) is 2. The van der Waals surface area contributed by atoms with Crippen molar-refractivity contribution in [2.24, 2.45) is 0 Å². The molecule has 1 unspecified atom stereocenters. The Morgan fingerprint density at radius 1 is 1.47 bits per heavy atom. The summed E-state index contributed by atoms with van der Waals surface area (Å²) < 4.78 is 5.51. The van der Waals surface area contributed by atoms with Crippen LogP contribution in [0.2, 0.25) is 0 Å². The molecule has 1 aromatic rings. The topological polar surface area (TPSA) is 96.4 Å². The number of aryl methyl sites for hydroxylation is 1. The summed E-state index contributed by atoms with van der Waals surface area (Å²) in [6, 6.07) is 1.70. The van der Waals surface area contributed by atoms with Crippen molar-refractivity contribution in [3.63, 3.8) is 0 Å². The molecule has 7 heteroatoms. The molecule has 1 aliphatic heterocycles. The zero-order valence-corrected chi connectivity index (χ0v) is 10.8. The maximum Gasteiger partial charge on any atom is 0.322 e. The molecule has 0 aliphatic carbocycles. The van der Waals surface area contributed by atoms with Crippen molar-refractivity contribution in [1.82, 2.24) is 9.97 Å². The number of carboxylic acids is 1.